The Balaban J connectivity index is 1.15. The molecule has 0 atom stereocenters. The van der Waals surface area contributed by atoms with Gasteiger partial charge in [0.15, 0.2) is 12.3 Å². The van der Waals surface area contributed by atoms with Crippen molar-refractivity contribution in [1.29, 1.82) is 0 Å². The zero-order valence-electron chi connectivity index (χ0n) is 18.8. The number of rotatable bonds is 6. The number of carbonyl (C=O) groups excluding carboxylic acids is 2. The number of hydrogen-bond donors (Lipinski definition) is 0. The summed E-state index contributed by atoms with van der Waals surface area (Å²) in [4.78, 5) is 35.4. The molecule has 0 aliphatic carbocycles. The van der Waals surface area contributed by atoms with E-state index in [9.17, 15) is 9.59 Å². The van der Waals surface area contributed by atoms with Crippen LogP contribution in [-0.2, 0) is 11.3 Å². The van der Waals surface area contributed by atoms with Crippen molar-refractivity contribution < 1.29 is 18.7 Å². The number of aromatic nitrogens is 1. The van der Waals surface area contributed by atoms with Crippen LogP contribution in [0.25, 0.3) is 6.08 Å². The zero-order chi connectivity index (χ0) is 23.3. The van der Waals surface area contributed by atoms with Gasteiger partial charge in [0.1, 0.15) is 18.6 Å². The van der Waals surface area contributed by atoms with Gasteiger partial charge in [-0.25, -0.2) is 4.98 Å². The van der Waals surface area contributed by atoms with Gasteiger partial charge >= 0.3 is 0 Å². The highest BCUT2D eigenvalue weighted by atomic mass is 16.5. The van der Waals surface area contributed by atoms with Gasteiger partial charge in [0.25, 0.3) is 11.8 Å². The van der Waals surface area contributed by atoms with E-state index >= 15 is 0 Å². The lowest BCUT2D eigenvalue weighted by atomic mass is 10.2. The molecule has 2 amide bonds. The zero-order valence-corrected chi connectivity index (χ0v) is 18.8. The molecule has 1 fully saturated rings. The van der Waals surface area contributed by atoms with Crippen LogP contribution in [0.4, 0.5) is 5.69 Å². The maximum absolute atomic E-state index is 12.9. The minimum atomic E-state index is -0.179. The summed E-state index contributed by atoms with van der Waals surface area (Å²) in [5, 5.41) is 0. The summed E-state index contributed by atoms with van der Waals surface area (Å²) in [5.41, 5.74) is 2.11. The number of nitrogens with zero attached hydrogens (tertiary/aromatic N) is 4. The third kappa shape index (κ3) is 4.87. The van der Waals surface area contributed by atoms with E-state index in [0.29, 0.717) is 30.4 Å². The Kier molecular flexibility index (Phi) is 6.40. The van der Waals surface area contributed by atoms with Crippen molar-refractivity contribution in [2.24, 2.45) is 0 Å². The smallest absolute Gasteiger partial charge is 0.275 e. The normalized spacial score (nSPS) is 16.5. The van der Waals surface area contributed by atoms with Crippen molar-refractivity contribution in [2.45, 2.75) is 6.54 Å². The van der Waals surface area contributed by atoms with Gasteiger partial charge in [-0.15, -0.1) is 0 Å². The lowest BCUT2D eigenvalue weighted by molar-refractivity contribution is -0.121. The average Bonchev–Trinajstić information content (AvgIpc) is 3.35. The first-order valence-electron chi connectivity index (χ1n) is 11.4. The summed E-state index contributed by atoms with van der Waals surface area (Å²) in [5.74, 6) is 0.630. The summed E-state index contributed by atoms with van der Waals surface area (Å²) >= 11 is 0. The largest absolute Gasteiger partial charge is 0.482 e. The third-order valence-electron chi connectivity index (χ3n) is 6.01. The number of oxazole rings is 1. The van der Waals surface area contributed by atoms with Crippen LogP contribution in [-0.4, -0.2) is 65.9 Å². The number of benzene rings is 2. The lowest BCUT2D eigenvalue weighted by Crippen LogP contribution is -2.48. The van der Waals surface area contributed by atoms with E-state index in [1.165, 1.54) is 11.8 Å². The molecule has 2 aliphatic heterocycles. The number of anilines is 1. The molecule has 34 heavy (non-hydrogen) atoms. The van der Waals surface area contributed by atoms with Gasteiger partial charge in [0, 0.05) is 32.7 Å². The molecule has 0 N–H and O–H groups in total. The van der Waals surface area contributed by atoms with Crippen LogP contribution in [0.1, 0.15) is 21.9 Å². The highest BCUT2D eigenvalue weighted by molar-refractivity contribution is 5.97. The van der Waals surface area contributed by atoms with Crippen molar-refractivity contribution in [3.8, 4) is 5.75 Å². The fourth-order valence-corrected chi connectivity index (χ4v) is 4.14. The summed E-state index contributed by atoms with van der Waals surface area (Å²) in [6.45, 7) is 3.83. The van der Waals surface area contributed by atoms with Gasteiger partial charge in [0.2, 0.25) is 5.89 Å². The fraction of sp³-hybridized carbons (Fsp3) is 0.269. The first kappa shape index (κ1) is 21.9. The summed E-state index contributed by atoms with van der Waals surface area (Å²) in [6, 6.07) is 17.5. The van der Waals surface area contributed by atoms with E-state index in [1.807, 2.05) is 42.5 Å². The predicted octanol–water partition coefficient (Wildman–Crippen LogP) is 3.07. The van der Waals surface area contributed by atoms with Crippen LogP contribution < -0.4 is 9.64 Å². The van der Waals surface area contributed by atoms with E-state index in [4.69, 9.17) is 9.15 Å². The number of hydrogen-bond acceptors (Lipinski definition) is 6. The Hall–Kier alpha value is -3.91. The first-order chi connectivity index (χ1) is 16.7. The monoisotopic (exact) mass is 458 g/mol. The Bertz CT molecular complexity index is 1180. The highest BCUT2D eigenvalue weighted by Crippen LogP contribution is 2.32. The molecule has 1 aromatic heterocycles. The topological polar surface area (TPSA) is 79.1 Å². The third-order valence-corrected chi connectivity index (χ3v) is 6.01. The van der Waals surface area contributed by atoms with Crippen LogP contribution in [0.2, 0.25) is 0 Å². The number of para-hydroxylation sites is 2. The summed E-state index contributed by atoms with van der Waals surface area (Å²) in [7, 11) is 0. The lowest BCUT2D eigenvalue weighted by Gasteiger charge is -2.33. The molecule has 2 aliphatic rings. The average molecular weight is 459 g/mol. The molecule has 0 bridgehead atoms. The van der Waals surface area contributed by atoms with Crippen molar-refractivity contribution in [3.05, 3.63) is 84.1 Å². The van der Waals surface area contributed by atoms with E-state index in [-0.39, 0.29) is 30.7 Å². The number of amides is 2. The molecule has 0 saturated carbocycles. The number of ether oxygens (including phenoxy) is 1. The molecule has 2 aromatic carbocycles. The quantitative estimate of drug-likeness (QED) is 0.565. The molecule has 0 spiro atoms. The van der Waals surface area contributed by atoms with E-state index in [2.05, 4.69) is 34.2 Å². The molecule has 3 heterocycles. The van der Waals surface area contributed by atoms with Crippen LogP contribution >= 0.6 is 0 Å². The van der Waals surface area contributed by atoms with E-state index < -0.39 is 0 Å². The Morgan fingerprint density at radius 3 is 2.59 bits per heavy atom. The SMILES string of the molecule is O=C(c1coc(CN2C(=O)COc3ccccc32)n1)N1CCN(C/C=C/c2ccccc2)CC1. The Morgan fingerprint density at radius 1 is 1.00 bits per heavy atom. The van der Waals surface area contributed by atoms with Crippen molar-refractivity contribution in [1.82, 2.24) is 14.8 Å². The van der Waals surface area contributed by atoms with Gasteiger partial charge < -0.3 is 14.1 Å². The van der Waals surface area contributed by atoms with Gasteiger partial charge in [-0.3, -0.25) is 19.4 Å². The summed E-state index contributed by atoms with van der Waals surface area (Å²) < 4.78 is 11.0. The van der Waals surface area contributed by atoms with Gasteiger partial charge in [-0.2, -0.15) is 0 Å². The minimum Gasteiger partial charge on any atom is -0.482 e. The van der Waals surface area contributed by atoms with Crippen LogP contribution in [0.3, 0.4) is 0 Å². The predicted molar refractivity (Wildman–Crippen MR) is 127 cm³/mol. The van der Waals surface area contributed by atoms with Crippen LogP contribution in [0.15, 0.2) is 71.4 Å². The van der Waals surface area contributed by atoms with Gasteiger partial charge in [0.05, 0.1) is 5.69 Å². The molecule has 0 unspecified atom stereocenters. The van der Waals surface area contributed by atoms with Crippen molar-refractivity contribution >= 4 is 23.6 Å². The summed E-state index contributed by atoms with van der Waals surface area (Å²) in [6.07, 6.45) is 5.65. The Morgan fingerprint density at radius 2 is 1.76 bits per heavy atom. The number of fused-ring (bicyclic) bond motifs is 1. The highest BCUT2D eigenvalue weighted by Gasteiger charge is 2.28. The molecular weight excluding hydrogens is 432 g/mol. The van der Waals surface area contributed by atoms with Crippen LogP contribution in [0, 0.1) is 0 Å². The van der Waals surface area contributed by atoms with Gasteiger partial charge in [-0.05, 0) is 17.7 Å². The maximum Gasteiger partial charge on any atom is 0.275 e. The molecule has 8 heteroatoms. The minimum absolute atomic E-state index is 0.0334. The molecule has 174 valence electrons. The second-order valence-corrected chi connectivity index (χ2v) is 8.27. The second-order valence-electron chi connectivity index (χ2n) is 8.27. The van der Waals surface area contributed by atoms with Crippen molar-refractivity contribution in [2.75, 3.05) is 44.2 Å². The van der Waals surface area contributed by atoms with Crippen molar-refractivity contribution in [3.63, 3.8) is 0 Å². The number of piperazine rings is 1. The molecule has 1 saturated heterocycles. The molecule has 3 aromatic rings. The fourth-order valence-electron chi connectivity index (χ4n) is 4.14. The Labute approximate surface area is 198 Å². The number of carbonyl (C=O) groups is 2. The van der Waals surface area contributed by atoms with E-state index in [1.54, 1.807) is 9.80 Å². The molecule has 8 nitrogen and oxygen atoms in total. The standard InChI is InChI=1S/C26H26N4O4/c31-25-19-33-23-11-5-4-10-22(23)30(25)17-24-27-21(18-34-24)26(32)29-15-13-28(14-16-29)12-6-9-20-7-2-1-3-8-20/h1-11,18H,12-17,19H2/b9-6+. The molecule has 5 rings (SSSR count). The second kappa shape index (κ2) is 9.93. The van der Waals surface area contributed by atoms with Crippen LogP contribution in [0.5, 0.6) is 5.75 Å². The first-order valence-corrected chi connectivity index (χ1v) is 11.4. The maximum atomic E-state index is 12.9. The molecule has 0 radical (unpaired) electrons. The van der Waals surface area contributed by atoms with Gasteiger partial charge in [-0.1, -0.05) is 54.6 Å². The molecular formula is C26H26N4O4. The van der Waals surface area contributed by atoms with E-state index in [0.717, 1.165) is 19.6 Å².